The van der Waals surface area contributed by atoms with Crippen LogP contribution in [0.5, 0.6) is 0 Å². The predicted octanol–water partition coefficient (Wildman–Crippen LogP) is 2.46. The van der Waals surface area contributed by atoms with Gasteiger partial charge in [-0.1, -0.05) is 17.7 Å². The molecule has 0 saturated heterocycles. The van der Waals surface area contributed by atoms with Crippen molar-refractivity contribution in [3.8, 4) is 0 Å². The zero-order valence-corrected chi connectivity index (χ0v) is 15.1. The second-order valence-electron chi connectivity index (χ2n) is 6.36. The molecular weight excluding hydrogens is 345 g/mol. The Bertz CT molecular complexity index is 776. The fourth-order valence-corrected chi connectivity index (χ4v) is 2.94. The van der Waals surface area contributed by atoms with Crippen molar-refractivity contribution < 1.29 is 9.18 Å². The van der Waals surface area contributed by atoms with Gasteiger partial charge >= 0.3 is 6.03 Å². The predicted molar refractivity (Wildman–Crippen MR) is 93.7 cm³/mol. The van der Waals surface area contributed by atoms with Crippen molar-refractivity contribution in [3.63, 3.8) is 0 Å². The molecule has 0 unspecified atom stereocenters. The first-order valence-electron chi connectivity index (χ1n) is 8.09. The molecule has 8 heteroatoms. The van der Waals surface area contributed by atoms with E-state index < -0.39 is 0 Å². The number of rotatable bonds is 4. The van der Waals surface area contributed by atoms with Crippen LogP contribution in [0, 0.1) is 5.82 Å². The molecule has 0 radical (unpaired) electrons. The van der Waals surface area contributed by atoms with E-state index in [1.165, 1.54) is 11.0 Å². The lowest BCUT2D eigenvalue weighted by molar-refractivity contribution is 0.205. The largest absolute Gasteiger partial charge is 0.332 e. The van der Waals surface area contributed by atoms with Gasteiger partial charge in [-0.05, 0) is 23.8 Å². The molecule has 0 aliphatic carbocycles. The number of nitrogens with one attached hydrogen (secondary N) is 1. The van der Waals surface area contributed by atoms with E-state index in [1.807, 2.05) is 16.8 Å². The first-order valence-corrected chi connectivity index (χ1v) is 8.47. The Labute approximate surface area is 151 Å². The second kappa shape index (κ2) is 7.41. The summed E-state index contributed by atoms with van der Waals surface area (Å²) in [5.74, 6) is -0.389. The summed E-state index contributed by atoms with van der Waals surface area (Å²) in [6.07, 6.45) is 0. The van der Waals surface area contributed by atoms with Crippen molar-refractivity contribution in [2.45, 2.75) is 26.2 Å². The van der Waals surface area contributed by atoms with E-state index >= 15 is 0 Å². The number of aromatic nitrogens is 2. The minimum absolute atomic E-state index is 0.141. The maximum absolute atomic E-state index is 13.6. The molecule has 3 rings (SSSR count). The van der Waals surface area contributed by atoms with E-state index in [0.29, 0.717) is 13.1 Å². The highest BCUT2D eigenvalue weighted by Crippen LogP contribution is 2.19. The summed E-state index contributed by atoms with van der Waals surface area (Å²) >= 11 is 5.73. The van der Waals surface area contributed by atoms with Crippen LogP contribution in [0.15, 0.2) is 24.3 Å². The lowest BCUT2D eigenvalue weighted by Crippen LogP contribution is -2.34. The molecule has 1 aromatic heterocycles. The van der Waals surface area contributed by atoms with Crippen LogP contribution in [-0.4, -0.2) is 46.3 Å². The third kappa shape index (κ3) is 4.29. The van der Waals surface area contributed by atoms with Crippen molar-refractivity contribution in [3.05, 3.63) is 52.1 Å². The van der Waals surface area contributed by atoms with Crippen LogP contribution in [0.1, 0.15) is 17.0 Å². The van der Waals surface area contributed by atoms with Crippen LogP contribution in [0.3, 0.4) is 0 Å². The first kappa shape index (κ1) is 17.7. The Kier molecular flexibility index (Phi) is 5.24. The number of carbonyl (C=O) groups is 1. The Morgan fingerprint density at radius 2 is 2.16 bits per heavy atom. The van der Waals surface area contributed by atoms with E-state index in [0.717, 1.165) is 36.6 Å². The maximum Gasteiger partial charge on any atom is 0.317 e. The minimum atomic E-state index is -0.389. The summed E-state index contributed by atoms with van der Waals surface area (Å²) in [4.78, 5) is 15.3. The molecule has 0 bridgehead atoms. The molecule has 0 atom stereocenters. The Hall–Kier alpha value is -2.12. The third-order valence-electron chi connectivity index (χ3n) is 4.14. The van der Waals surface area contributed by atoms with Gasteiger partial charge in [0.1, 0.15) is 5.82 Å². The molecule has 2 amide bonds. The van der Waals surface area contributed by atoms with Gasteiger partial charge in [0, 0.05) is 33.7 Å². The number of halogens is 2. The number of amides is 2. The first-order chi connectivity index (χ1) is 11.9. The van der Waals surface area contributed by atoms with Crippen molar-refractivity contribution in [1.29, 1.82) is 0 Å². The Morgan fingerprint density at radius 1 is 1.36 bits per heavy atom. The van der Waals surface area contributed by atoms with Gasteiger partial charge in [-0.2, -0.15) is 5.10 Å². The number of hydrogen-bond acceptors (Lipinski definition) is 3. The fourth-order valence-electron chi connectivity index (χ4n) is 2.82. The van der Waals surface area contributed by atoms with Crippen LogP contribution in [0.25, 0.3) is 0 Å². The second-order valence-corrected chi connectivity index (χ2v) is 6.77. The molecule has 6 nitrogen and oxygen atoms in total. The molecular formula is C17H21ClFN5O. The lowest BCUT2D eigenvalue weighted by atomic mass is 10.2. The maximum atomic E-state index is 13.6. The number of benzene rings is 1. The summed E-state index contributed by atoms with van der Waals surface area (Å²) in [5, 5.41) is 7.49. The molecule has 0 spiro atoms. The molecule has 1 aliphatic heterocycles. The van der Waals surface area contributed by atoms with E-state index in [-0.39, 0.29) is 16.9 Å². The van der Waals surface area contributed by atoms with Crippen molar-refractivity contribution in [2.24, 2.45) is 0 Å². The fraction of sp³-hybridized carbons (Fsp3) is 0.412. The lowest BCUT2D eigenvalue weighted by Gasteiger charge is -2.27. The smallest absolute Gasteiger partial charge is 0.317 e. The van der Waals surface area contributed by atoms with Crippen LogP contribution < -0.4 is 5.32 Å². The van der Waals surface area contributed by atoms with Crippen LogP contribution in [0.2, 0.25) is 5.02 Å². The van der Waals surface area contributed by atoms with E-state index in [9.17, 15) is 9.18 Å². The van der Waals surface area contributed by atoms with Gasteiger partial charge in [0.25, 0.3) is 0 Å². The third-order valence-corrected chi connectivity index (χ3v) is 4.45. The molecule has 0 saturated carbocycles. The van der Waals surface area contributed by atoms with Crippen molar-refractivity contribution in [1.82, 2.24) is 24.9 Å². The molecule has 1 aliphatic rings. The van der Waals surface area contributed by atoms with Gasteiger partial charge in [-0.3, -0.25) is 9.58 Å². The zero-order chi connectivity index (χ0) is 18.0. The van der Waals surface area contributed by atoms with Crippen LogP contribution in [0.4, 0.5) is 9.18 Å². The normalized spacial score (nSPS) is 14.2. The summed E-state index contributed by atoms with van der Waals surface area (Å²) in [5.41, 5.74) is 2.83. The standard InChI is InChI=1S/C17H21ClFN5O/c1-22(2)17(25)20-9-13-8-14-11-23(5-6-24(14)21-13)10-12-3-4-15(18)16(19)7-12/h3-4,7-8H,5-6,9-11H2,1-2H3,(H,20,25). The molecule has 0 fully saturated rings. The van der Waals surface area contributed by atoms with E-state index in [4.69, 9.17) is 11.6 Å². The van der Waals surface area contributed by atoms with Crippen molar-refractivity contribution >= 4 is 17.6 Å². The average Bonchev–Trinajstić information content (AvgIpc) is 2.98. The molecule has 1 N–H and O–H groups in total. The topological polar surface area (TPSA) is 53.4 Å². The van der Waals surface area contributed by atoms with Gasteiger partial charge in [-0.15, -0.1) is 0 Å². The quantitative estimate of drug-likeness (QED) is 0.905. The van der Waals surface area contributed by atoms with Crippen LogP contribution in [-0.2, 0) is 26.2 Å². The van der Waals surface area contributed by atoms with Gasteiger partial charge in [-0.25, -0.2) is 9.18 Å². The highest BCUT2D eigenvalue weighted by Gasteiger charge is 2.19. The molecule has 1 aromatic carbocycles. The van der Waals surface area contributed by atoms with Crippen LogP contribution >= 0.6 is 11.6 Å². The van der Waals surface area contributed by atoms with Gasteiger partial charge in [0.15, 0.2) is 0 Å². The molecule has 25 heavy (non-hydrogen) atoms. The van der Waals surface area contributed by atoms with Gasteiger partial charge in [0.2, 0.25) is 0 Å². The molecule has 2 aromatic rings. The van der Waals surface area contributed by atoms with Gasteiger partial charge < -0.3 is 10.2 Å². The summed E-state index contributed by atoms with van der Waals surface area (Å²) in [6.45, 7) is 3.40. The number of fused-ring (bicyclic) bond motifs is 1. The van der Waals surface area contributed by atoms with Crippen molar-refractivity contribution in [2.75, 3.05) is 20.6 Å². The highest BCUT2D eigenvalue weighted by atomic mass is 35.5. The highest BCUT2D eigenvalue weighted by molar-refractivity contribution is 6.30. The Balaban J connectivity index is 1.61. The Morgan fingerprint density at radius 3 is 2.88 bits per heavy atom. The zero-order valence-electron chi connectivity index (χ0n) is 14.3. The number of hydrogen-bond donors (Lipinski definition) is 1. The molecule has 2 heterocycles. The minimum Gasteiger partial charge on any atom is -0.332 e. The summed E-state index contributed by atoms with van der Waals surface area (Å²) < 4.78 is 15.5. The number of urea groups is 1. The molecule has 134 valence electrons. The van der Waals surface area contributed by atoms with E-state index in [2.05, 4.69) is 15.3 Å². The average molecular weight is 366 g/mol. The monoisotopic (exact) mass is 365 g/mol. The number of nitrogens with zero attached hydrogens (tertiary/aromatic N) is 4. The summed E-state index contributed by atoms with van der Waals surface area (Å²) in [6, 6.07) is 6.78. The summed E-state index contributed by atoms with van der Waals surface area (Å²) in [7, 11) is 3.40. The number of carbonyl (C=O) groups excluding carboxylic acids is 1. The van der Waals surface area contributed by atoms with E-state index in [1.54, 1.807) is 20.2 Å². The van der Waals surface area contributed by atoms with Gasteiger partial charge in [0.05, 0.1) is 29.5 Å². The SMILES string of the molecule is CN(C)C(=O)NCc1cc2n(n1)CCN(Cc1ccc(Cl)c(F)c1)C2.